The molecule has 4 nitrogen and oxygen atoms in total. The molecule has 3 aromatic rings. The molecule has 0 aromatic heterocycles. The van der Waals surface area contributed by atoms with Gasteiger partial charge in [-0.3, -0.25) is 4.79 Å². The average molecular weight is 409 g/mol. The van der Waals surface area contributed by atoms with Gasteiger partial charge in [0.25, 0.3) is 5.91 Å². The third-order valence-corrected chi connectivity index (χ3v) is 5.41. The van der Waals surface area contributed by atoms with Crippen LogP contribution in [-0.2, 0) is 6.42 Å². The lowest BCUT2D eigenvalue weighted by atomic mass is 9.87. The van der Waals surface area contributed by atoms with E-state index in [1.54, 1.807) is 19.1 Å². The van der Waals surface area contributed by atoms with Gasteiger partial charge in [-0.2, -0.15) is 0 Å². The van der Waals surface area contributed by atoms with Gasteiger partial charge in [0.15, 0.2) is 11.5 Å². The predicted octanol–water partition coefficient (Wildman–Crippen LogP) is 4.77. The minimum Gasteiger partial charge on any atom is -0.493 e. The maximum absolute atomic E-state index is 14.4. The van der Waals surface area contributed by atoms with E-state index in [2.05, 4.69) is 0 Å². The first-order valence-corrected chi connectivity index (χ1v) is 9.59. The summed E-state index contributed by atoms with van der Waals surface area (Å²) in [4.78, 5) is 14.9. The number of carbonyl (C=O) groups excluding carboxylic acids is 1. The van der Waals surface area contributed by atoms with Crippen LogP contribution in [0.15, 0.2) is 60.7 Å². The molecular weight excluding hydrogens is 388 g/mol. The first kappa shape index (κ1) is 19.9. The fourth-order valence-corrected chi connectivity index (χ4v) is 3.98. The first-order chi connectivity index (χ1) is 14.5. The van der Waals surface area contributed by atoms with Crippen molar-refractivity contribution in [3.05, 3.63) is 94.6 Å². The average Bonchev–Trinajstić information content (AvgIpc) is 2.78. The molecule has 1 aliphatic rings. The van der Waals surface area contributed by atoms with E-state index in [1.165, 1.54) is 0 Å². The van der Waals surface area contributed by atoms with Crippen molar-refractivity contribution in [2.75, 3.05) is 20.8 Å². The Kier molecular flexibility index (Phi) is 5.40. The second-order valence-electron chi connectivity index (χ2n) is 7.09. The number of nitrogens with zero attached hydrogens (tertiary/aromatic N) is 1. The SMILES string of the molecule is COc1cc2c(cc1OC)[C@H](c1ccccc1)N(C(=O)c1cc(F)ccc1F)CC2. The zero-order valence-corrected chi connectivity index (χ0v) is 16.7. The summed E-state index contributed by atoms with van der Waals surface area (Å²) in [5.74, 6) is -0.796. The van der Waals surface area contributed by atoms with Gasteiger partial charge < -0.3 is 14.4 Å². The quantitative estimate of drug-likeness (QED) is 0.623. The van der Waals surface area contributed by atoms with Crippen LogP contribution < -0.4 is 9.47 Å². The summed E-state index contributed by atoms with van der Waals surface area (Å²) in [7, 11) is 3.12. The van der Waals surface area contributed by atoms with Crippen LogP contribution in [0.1, 0.15) is 33.1 Å². The van der Waals surface area contributed by atoms with Crippen LogP contribution in [0, 0.1) is 11.6 Å². The summed E-state index contributed by atoms with van der Waals surface area (Å²) in [6, 6.07) is 15.7. The Hall–Kier alpha value is -3.41. The fraction of sp³-hybridized carbons (Fsp3) is 0.208. The van der Waals surface area contributed by atoms with Crippen LogP contribution >= 0.6 is 0 Å². The van der Waals surface area contributed by atoms with Gasteiger partial charge in [-0.25, -0.2) is 8.78 Å². The van der Waals surface area contributed by atoms with Gasteiger partial charge in [0.1, 0.15) is 11.6 Å². The third-order valence-electron chi connectivity index (χ3n) is 5.41. The molecule has 0 saturated carbocycles. The van der Waals surface area contributed by atoms with Gasteiger partial charge in [0, 0.05) is 6.54 Å². The Labute approximate surface area is 173 Å². The summed E-state index contributed by atoms with van der Waals surface area (Å²) >= 11 is 0. The number of fused-ring (bicyclic) bond motifs is 1. The largest absolute Gasteiger partial charge is 0.493 e. The van der Waals surface area contributed by atoms with Crippen LogP contribution in [0.5, 0.6) is 11.5 Å². The number of halogens is 2. The van der Waals surface area contributed by atoms with Crippen molar-refractivity contribution in [3.63, 3.8) is 0 Å². The van der Waals surface area contributed by atoms with Gasteiger partial charge in [0.2, 0.25) is 0 Å². The van der Waals surface area contributed by atoms with Crippen LogP contribution in [0.25, 0.3) is 0 Å². The highest BCUT2D eigenvalue weighted by Crippen LogP contribution is 2.41. The molecule has 6 heteroatoms. The minimum absolute atomic E-state index is 0.278. The zero-order valence-electron chi connectivity index (χ0n) is 16.7. The molecule has 0 bridgehead atoms. The van der Waals surface area contributed by atoms with E-state index in [-0.39, 0.29) is 5.56 Å². The predicted molar refractivity (Wildman–Crippen MR) is 109 cm³/mol. The molecule has 0 saturated heterocycles. The first-order valence-electron chi connectivity index (χ1n) is 9.59. The van der Waals surface area contributed by atoms with Crippen molar-refractivity contribution in [2.24, 2.45) is 0 Å². The second-order valence-corrected chi connectivity index (χ2v) is 7.09. The number of benzene rings is 3. The lowest BCUT2D eigenvalue weighted by Gasteiger charge is -2.38. The summed E-state index contributed by atoms with van der Waals surface area (Å²) < 4.78 is 39.0. The molecule has 0 N–H and O–H groups in total. The Morgan fingerprint density at radius 1 is 0.967 bits per heavy atom. The number of amides is 1. The number of carbonyl (C=O) groups is 1. The molecule has 4 rings (SSSR count). The molecule has 1 amide bonds. The second kappa shape index (κ2) is 8.14. The molecule has 1 heterocycles. The molecule has 1 aliphatic heterocycles. The number of hydrogen-bond donors (Lipinski definition) is 0. The zero-order chi connectivity index (χ0) is 21.3. The van der Waals surface area contributed by atoms with E-state index >= 15 is 0 Å². The maximum Gasteiger partial charge on any atom is 0.257 e. The number of ether oxygens (including phenoxy) is 2. The lowest BCUT2D eigenvalue weighted by Crippen LogP contribution is -2.41. The van der Waals surface area contributed by atoms with Gasteiger partial charge in [0.05, 0.1) is 25.8 Å². The number of rotatable bonds is 4. The van der Waals surface area contributed by atoms with Crippen LogP contribution in [0.3, 0.4) is 0 Å². The summed E-state index contributed by atoms with van der Waals surface area (Å²) in [6.45, 7) is 0.358. The molecule has 0 aliphatic carbocycles. The van der Waals surface area contributed by atoms with Crippen molar-refractivity contribution in [1.82, 2.24) is 4.90 Å². The highest BCUT2D eigenvalue weighted by atomic mass is 19.1. The van der Waals surface area contributed by atoms with Crippen molar-refractivity contribution in [3.8, 4) is 11.5 Å². The highest BCUT2D eigenvalue weighted by molar-refractivity contribution is 5.95. The van der Waals surface area contributed by atoms with Crippen molar-refractivity contribution >= 4 is 5.91 Å². The third kappa shape index (κ3) is 3.49. The van der Waals surface area contributed by atoms with Crippen LogP contribution in [0.2, 0.25) is 0 Å². The highest BCUT2D eigenvalue weighted by Gasteiger charge is 2.34. The lowest BCUT2D eigenvalue weighted by molar-refractivity contribution is 0.0688. The Morgan fingerprint density at radius 3 is 2.37 bits per heavy atom. The molecule has 0 unspecified atom stereocenters. The van der Waals surface area contributed by atoms with Gasteiger partial charge in [-0.15, -0.1) is 0 Å². The van der Waals surface area contributed by atoms with E-state index in [1.807, 2.05) is 42.5 Å². The molecule has 0 radical (unpaired) electrons. The van der Waals surface area contributed by atoms with E-state index < -0.39 is 23.6 Å². The monoisotopic (exact) mass is 409 g/mol. The van der Waals surface area contributed by atoms with E-state index in [0.29, 0.717) is 24.5 Å². The molecule has 3 aromatic carbocycles. The molecule has 1 atom stereocenters. The van der Waals surface area contributed by atoms with Crippen molar-refractivity contribution in [2.45, 2.75) is 12.5 Å². The standard InChI is InChI=1S/C24H21F2NO3/c1-29-21-12-16-10-11-27(24(28)19-13-17(25)8-9-20(19)26)23(15-6-4-3-5-7-15)18(16)14-22(21)30-2/h3-9,12-14,23H,10-11H2,1-2H3/t23-/m0/s1. The van der Waals surface area contributed by atoms with Crippen molar-refractivity contribution < 1.29 is 23.0 Å². The Balaban J connectivity index is 1.86. The Morgan fingerprint density at radius 2 is 1.67 bits per heavy atom. The van der Waals surface area contributed by atoms with Gasteiger partial charge in [-0.1, -0.05) is 30.3 Å². The minimum atomic E-state index is -0.744. The van der Waals surface area contributed by atoms with Crippen LogP contribution in [0.4, 0.5) is 8.78 Å². The van der Waals surface area contributed by atoms with E-state index in [4.69, 9.17) is 9.47 Å². The Bertz CT molecular complexity index is 1090. The molecule has 0 fully saturated rings. The summed E-state index contributed by atoms with van der Waals surface area (Å²) in [5.41, 5.74) is 2.48. The van der Waals surface area contributed by atoms with Crippen molar-refractivity contribution in [1.29, 1.82) is 0 Å². The van der Waals surface area contributed by atoms with Gasteiger partial charge >= 0.3 is 0 Å². The summed E-state index contributed by atoms with van der Waals surface area (Å²) in [5, 5.41) is 0. The topological polar surface area (TPSA) is 38.8 Å². The fourth-order valence-electron chi connectivity index (χ4n) is 3.98. The van der Waals surface area contributed by atoms with E-state index in [9.17, 15) is 13.6 Å². The number of methoxy groups -OCH3 is 2. The smallest absolute Gasteiger partial charge is 0.257 e. The molecular formula is C24H21F2NO3. The van der Waals surface area contributed by atoms with Crippen LogP contribution in [-0.4, -0.2) is 31.6 Å². The molecule has 154 valence electrons. The maximum atomic E-state index is 14.4. The molecule has 30 heavy (non-hydrogen) atoms. The molecule has 0 spiro atoms. The van der Waals surface area contributed by atoms with E-state index in [0.717, 1.165) is 34.9 Å². The summed E-state index contributed by atoms with van der Waals surface area (Å²) in [6.07, 6.45) is 0.557. The normalized spacial score (nSPS) is 15.5. The van der Waals surface area contributed by atoms with Gasteiger partial charge in [-0.05, 0) is 53.4 Å². The number of hydrogen-bond acceptors (Lipinski definition) is 3.